The maximum atomic E-state index is 11.8. The minimum absolute atomic E-state index is 0.126. The van der Waals surface area contributed by atoms with Crippen molar-refractivity contribution in [2.75, 3.05) is 5.73 Å². The zero-order valence-electron chi connectivity index (χ0n) is 9.97. The van der Waals surface area contributed by atoms with Gasteiger partial charge < -0.3 is 15.6 Å². The first kappa shape index (κ1) is 13.2. The summed E-state index contributed by atoms with van der Waals surface area (Å²) in [5.74, 6) is -0.310. The molecule has 98 valence electrons. The number of nitrogen functional groups attached to an aromatic ring is 1. The fourth-order valence-corrected chi connectivity index (χ4v) is 1.66. The smallest absolute Gasteiger partial charge is 0.338 e. The Morgan fingerprint density at radius 1 is 1.21 bits per heavy atom. The van der Waals surface area contributed by atoms with Crippen molar-refractivity contribution in [2.45, 2.75) is 6.61 Å². The third-order valence-corrected chi connectivity index (χ3v) is 2.87. The molecule has 0 aliphatic carbocycles. The summed E-state index contributed by atoms with van der Waals surface area (Å²) in [5.41, 5.74) is 7.10. The Bertz CT molecular complexity index is 596. The summed E-state index contributed by atoms with van der Waals surface area (Å²) in [6.45, 7) is 0.126. The van der Waals surface area contributed by atoms with Gasteiger partial charge in [0.25, 0.3) is 0 Å². The molecule has 0 spiro atoms. The van der Waals surface area contributed by atoms with Crippen LogP contribution in [-0.4, -0.2) is 11.1 Å². The summed E-state index contributed by atoms with van der Waals surface area (Å²) >= 11 is 5.83. The normalized spacial score (nSPS) is 10.2. The topological polar surface area (TPSA) is 72.6 Å². The van der Waals surface area contributed by atoms with Gasteiger partial charge in [0.15, 0.2) is 0 Å². The highest BCUT2D eigenvalue weighted by molar-refractivity contribution is 6.33. The van der Waals surface area contributed by atoms with E-state index in [1.165, 1.54) is 18.2 Å². The van der Waals surface area contributed by atoms with E-state index in [0.29, 0.717) is 16.3 Å². The molecular weight excluding hydrogens is 266 g/mol. The van der Waals surface area contributed by atoms with Crippen molar-refractivity contribution in [3.05, 3.63) is 58.6 Å². The number of carbonyl (C=O) groups excluding carboxylic acids is 1. The third kappa shape index (κ3) is 3.39. The number of phenolic OH excluding ortho intramolecular Hbond substituents is 1. The van der Waals surface area contributed by atoms with E-state index >= 15 is 0 Å². The molecule has 4 nitrogen and oxygen atoms in total. The highest BCUT2D eigenvalue weighted by atomic mass is 35.5. The molecule has 5 heteroatoms. The second kappa shape index (κ2) is 5.63. The van der Waals surface area contributed by atoms with Crippen LogP contribution in [0.2, 0.25) is 5.02 Å². The number of hydrogen-bond donors (Lipinski definition) is 2. The Morgan fingerprint density at radius 2 is 1.89 bits per heavy atom. The highest BCUT2D eigenvalue weighted by Crippen LogP contribution is 2.20. The Balaban J connectivity index is 2.01. The fourth-order valence-electron chi connectivity index (χ4n) is 1.48. The minimum atomic E-state index is -0.477. The van der Waals surface area contributed by atoms with Crippen molar-refractivity contribution >= 4 is 23.3 Å². The second-order valence-corrected chi connectivity index (χ2v) is 4.39. The lowest BCUT2D eigenvalue weighted by Crippen LogP contribution is -2.05. The molecule has 2 aromatic rings. The van der Waals surface area contributed by atoms with E-state index in [-0.39, 0.29) is 12.4 Å². The number of carbonyl (C=O) groups is 1. The molecule has 0 radical (unpaired) electrons. The summed E-state index contributed by atoms with van der Waals surface area (Å²) < 4.78 is 5.13. The van der Waals surface area contributed by atoms with Crippen LogP contribution < -0.4 is 5.73 Å². The number of benzene rings is 2. The number of phenols is 1. The first-order valence-electron chi connectivity index (χ1n) is 5.56. The van der Waals surface area contributed by atoms with Gasteiger partial charge in [0.05, 0.1) is 16.3 Å². The van der Waals surface area contributed by atoms with E-state index in [0.717, 1.165) is 5.56 Å². The molecule has 2 rings (SSSR count). The number of halogens is 1. The Kier molecular flexibility index (Phi) is 3.92. The quantitative estimate of drug-likeness (QED) is 0.668. The van der Waals surface area contributed by atoms with Crippen LogP contribution in [0.4, 0.5) is 5.69 Å². The van der Waals surface area contributed by atoms with Crippen molar-refractivity contribution < 1.29 is 14.6 Å². The van der Waals surface area contributed by atoms with Crippen molar-refractivity contribution in [2.24, 2.45) is 0 Å². The molecule has 3 N–H and O–H groups in total. The van der Waals surface area contributed by atoms with Gasteiger partial charge in [-0.1, -0.05) is 23.7 Å². The molecule has 0 aliphatic rings. The van der Waals surface area contributed by atoms with Gasteiger partial charge in [-0.2, -0.15) is 0 Å². The van der Waals surface area contributed by atoms with Gasteiger partial charge in [-0.15, -0.1) is 0 Å². The Labute approximate surface area is 115 Å². The predicted octanol–water partition coefficient (Wildman–Crippen LogP) is 2.98. The molecule has 0 saturated heterocycles. The number of hydrogen-bond acceptors (Lipinski definition) is 4. The standard InChI is InChI=1S/C14H12ClNO3/c15-12-7-10(3-6-13(12)16)14(18)19-8-9-1-4-11(17)5-2-9/h1-7,17H,8,16H2. The van der Waals surface area contributed by atoms with Gasteiger partial charge in [-0.3, -0.25) is 0 Å². The summed E-state index contributed by atoms with van der Waals surface area (Å²) in [4.78, 5) is 11.8. The average molecular weight is 278 g/mol. The van der Waals surface area contributed by atoms with Gasteiger partial charge >= 0.3 is 5.97 Å². The first-order chi connectivity index (χ1) is 9.06. The minimum Gasteiger partial charge on any atom is -0.508 e. The van der Waals surface area contributed by atoms with E-state index in [1.54, 1.807) is 24.3 Å². The van der Waals surface area contributed by atoms with E-state index in [9.17, 15) is 4.79 Å². The first-order valence-corrected chi connectivity index (χ1v) is 5.94. The monoisotopic (exact) mass is 277 g/mol. The Hall–Kier alpha value is -2.20. The summed E-state index contributed by atoms with van der Waals surface area (Å²) in [6.07, 6.45) is 0. The van der Waals surface area contributed by atoms with Crippen LogP contribution in [0.3, 0.4) is 0 Å². The molecule has 0 aliphatic heterocycles. The zero-order valence-corrected chi connectivity index (χ0v) is 10.7. The van der Waals surface area contributed by atoms with Crippen molar-refractivity contribution in [3.63, 3.8) is 0 Å². The van der Waals surface area contributed by atoms with E-state index < -0.39 is 5.97 Å². The van der Waals surface area contributed by atoms with Crippen LogP contribution in [-0.2, 0) is 11.3 Å². The van der Waals surface area contributed by atoms with Crippen molar-refractivity contribution in [3.8, 4) is 5.75 Å². The average Bonchev–Trinajstić information content (AvgIpc) is 2.41. The van der Waals surface area contributed by atoms with Gasteiger partial charge in [0.1, 0.15) is 12.4 Å². The van der Waals surface area contributed by atoms with Gasteiger partial charge in [-0.25, -0.2) is 4.79 Å². The lowest BCUT2D eigenvalue weighted by molar-refractivity contribution is 0.0473. The predicted molar refractivity (Wildman–Crippen MR) is 73.1 cm³/mol. The van der Waals surface area contributed by atoms with Gasteiger partial charge in [0, 0.05) is 0 Å². The highest BCUT2D eigenvalue weighted by Gasteiger charge is 2.09. The molecule has 0 heterocycles. The molecule has 2 aromatic carbocycles. The number of aromatic hydroxyl groups is 1. The van der Waals surface area contributed by atoms with Crippen LogP contribution in [0.1, 0.15) is 15.9 Å². The number of esters is 1. The van der Waals surface area contributed by atoms with E-state index in [2.05, 4.69) is 0 Å². The van der Waals surface area contributed by atoms with Crippen LogP contribution in [0.15, 0.2) is 42.5 Å². The van der Waals surface area contributed by atoms with E-state index in [4.69, 9.17) is 27.2 Å². The van der Waals surface area contributed by atoms with Crippen LogP contribution in [0.5, 0.6) is 5.75 Å². The van der Waals surface area contributed by atoms with Gasteiger partial charge in [-0.05, 0) is 35.9 Å². The third-order valence-electron chi connectivity index (χ3n) is 2.54. The maximum Gasteiger partial charge on any atom is 0.338 e. The van der Waals surface area contributed by atoms with E-state index in [1.807, 2.05) is 0 Å². The van der Waals surface area contributed by atoms with Crippen molar-refractivity contribution in [1.29, 1.82) is 0 Å². The lowest BCUT2D eigenvalue weighted by Gasteiger charge is -2.06. The molecule has 0 atom stereocenters. The fraction of sp³-hybridized carbons (Fsp3) is 0.0714. The molecule has 19 heavy (non-hydrogen) atoms. The SMILES string of the molecule is Nc1ccc(C(=O)OCc2ccc(O)cc2)cc1Cl. The van der Waals surface area contributed by atoms with Crippen LogP contribution in [0, 0.1) is 0 Å². The molecule has 0 unspecified atom stereocenters. The lowest BCUT2D eigenvalue weighted by atomic mass is 10.2. The number of anilines is 1. The summed E-state index contributed by atoms with van der Waals surface area (Å²) in [6, 6.07) is 11.0. The Morgan fingerprint density at radius 3 is 2.53 bits per heavy atom. The molecule has 0 saturated carbocycles. The van der Waals surface area contributed by atoms with Crippen LogP contribution >= 0.6 is 11.6 Å². The maximum absolute atomic E-state index is 11.8. The summed E-state index contributed by atoms with van der Waals surface area (Å²) in [5, 5.41) is 9.45. The number of nitrogens with two attached hydrogens (primary N) is 1. The molecule has 0 amide bonds. The molecule has 0 aromatic heterocycles. The second-order valence-electron chi connectivity index (χ2n) is 3.98. The zero-order chi connectivity index (χ0) is 13.8. The number of rotatable bonds is 3. The number of ether oxygens (including phenoxy) is 1. The molecular formula is C14H12ClNO3. The van der Waals surface area contributed by atoms with Gasteiger partial charge in [0.2, 0.25) is 0 Å². The van der Waals surface area contributed by atoms with Crippen LogP contribution in [0.25, 0.3) is 0 Å². The molecule has 0 fully saturated rings. The largest absolute Gasteiger partial charge is 0.508 e. The molecule has 0 bridgehead atoms. The van der Waals surface area contributed by atoms with Crippen molar-refractivity contribution in [1.82, 2.24) is 0 Å². The summed E-state index contributed by atoms with van der Waals surface area (Å²) in [7, 11) is 0.